The molecular formula is C14H21NO5S. The minimum atomic E-state index is -3.82. The number of hydrogen-bond donors (Lipinski definition) is 1. The van der Waals surface area contributed by atoms with Crippen LogP contribution in [0.15, 0.2) is 23.1 Å². The maximum atomic E-state index is 11.8. The molecule has 0 saturated heterocycles. The number of rotatable bonds is 7. The van der Waals surface area contributed by atoms with Crippen LogP contribution >= 0.6 is 0 Å². The van der Waals surface area contributed by atoms with Gasteiger partial charge in [-0.05, 0) is 30.5 Å². The van der Waals surface area contributed by atoms with Crippen molar-refractivity contribution in [2.24, 2.45) is 11.1 Å². The van der Waals surface area contributed by atoms with Gasteiger partial charge in [0.1, 0.15) is 5.75 Å². The molecule has 0 atom stereocenters. The highest BCUT2D eigenvalue weighted by Gasteiger charge is 2.15. The molecule has 0 aliphatic heterocycles. The van der Waals surface area contributed by atoms with Gasteiger partial charge < -0.3 is 9.47 Å². The van der Waals surface area contributed by atoms with Crippen LogP contribution in [0.5, 0.6) is 5.75 Å². The summed E-state index contributed by atoms with van der Waals surface area (Å²) in [5.74, 6) is 0.432. The van der Waals surface area contributed by atoms with Gasteiger partial charge in [0.15, 0.2) is 0 Å². The normalized spacial score (nSPS) is 11.5. The van der Waals surface area contributed by atoms with Gasteiger partial charge in [0.05, 0.1) is 25.0 Å². The maximum absolute atomic E-state index is 11.8. The van der Waals surface area contributed by atoms with Gasteiger partial charge in [0, 0.05) is 5.56 Å². The number of carbonyl (C=O) groups is 1. The molecule has 2 N–H and O–H groups in total. The number of nitrogens with two attached hydrogens (primary N) is 1. The molecule has 1 aromatic rings. The minimum Gasteiger partial charge on any atom is -0.496 e. The molecule has 7 heteroatoms. The van der Waals surface area contributed by atoms with Gasteiger partial charge in [-0.3, -0.25) is 4.79 Å². The van der Waals surface area contributed by atoms with Crippen LogP contribution in [0.3, 0.4) is 0 Å². The van der Waals surface area contributed by atoms with Crippen LogP contribution in [0.25, 0.3) is 0 Å². The van der Waals surface area contributed by atoms with E-state index in [0.717, 1.165) is 6.42 Å². The molecule has 21 heavy (non-hydrogen) atoms. The lowest BCUT2D eigenvalue weighted by atomic mass is 10.1. The fraction of sp³-hybridized carbons (Fsp3) is 0.500. The van der Waals surface area contributed by atoms with Crippen LogP contribution < -0.4 is 9.88 Å². The molecule has 0 heterocycles. The summed E-state index contributed by atoms with van der Waals surface area (Å²) < 4.78 is 32.9. The van der Waals surface area contributed by atoms with Gasteiger partial charge in [-0.2, -0.15) is 0 Å². The number of hydrogen-bond acceptors (Lipinski definition) is 5. The van der Waals surface area contributed by atoms with Gasteiger partial charge in [-0.25, -0.2) is 13.6 Å². The van der Waals surface area contributed by atoms with Gasteiger partial charge in [-0.1, -0.05) is 13.8 Å². The van der Waals surface area contributed by atoms with Crippen LogP contribution in [0, 0.1) is 5.92 Å². The molecule has 0 aliphatic carbocycles. The average Bonchev–Trinajstić information content (AvgIpc) is 2.37. The van der Waals surface area contributed by atoms with E-state index in [4.69, 9.17) is 14.6 Å². The summed E-state index contributed by atoms with van der Waals surface area (Å²) in [5.41, 5.74) is 0.429. The predicted octanol–water partition coefficient (Wildman–Crippen LogP) is 1.47. The van der Waals surface area contributed by atoms with Crippen LogP contribution in [0.2, 0.25) is 0 Å². The molecule has 1 rings (SSSR count). The third kappa shape index (κ3) is 5.73. The van der Waals surface area contributed by atoms with E-state index in [2.05, 4.69) is 0 Å². The van der Waals surface area contributed by atoms with E-state index < -0.39 is 16.0 Å². The smallest absolute Gasteiger partial charge is 0.310 e. The standard InChI is InChI=1S/C14H21NO5S/c1-10(2)6-7-20-14(16)9-11-8-12(21(15,17)18)4-5-13(11)19-3/h4-5,8,10H,6-7,9H2,1-3H3,(H2,15,17,18). The topological polar surface area (TPSA) is 95.7 Å². The van der Waals surface area contributed by atoms with Crippen LogP contribution in [0.1, 0.15) is 25.8 Å². The summed E-state index contributed by atoms with van der Waals surface area (Å²) in [7, 11) is -2.38. The summed E-state index contributed by atoms with van der Waals surface area (Å²) in [6.07, 6.45) is 0.713. The number of benzene rings is 1. The zero-order valence-corrected chi connectivity index (χ0v) is 13.3. The molecule has 118 valence electrons. The van der Waals surface area contributed by atoms with E-state index in [1.54, 1.807) is 0 Å². The lowest BCUT2D eigenvalue weighted by Crippen LogP contribution is -2.14. The van der Waals surface area contributed by atoms with Crippen molar-refractivity contribution in [1.82, 2.24) is 0 Å². The van der Waals surface area contributed by atoms with Gasteiger partial charge in [0.25, 0.3) is 0 Å². The minimum absolute atomic E-state index is 0.0618. The SMILES string of the molecule is COc1ccc(S(N)(=O)=O)cc1CC(=O)OCCC(C)C. The molecule has 0 amide bonds. The van der Waals surface area contributed by atoms with Crippen molar-refractivity contribution in [2.45, 2.75) is 31.6 Å². The highest BCUT2D eigenvalue weighted by molar-refractivity contribution is 7.89. The van der Waals surface area contributed by atoms with Crippen LogP contribution in [0.4, 0.5) is 0 Å². The third-order valence-electron chi connectivity index (χ3n) is 2.87. The van der Waals surface area contributed by atoms with Crippen molar-refractivity contribution >= 4 is 16.0 Å². The first-order valence-electron chi connectivity index (χ1n) is 6.59. The molecule has 1 aromatic carbocycles. The Hall–Kier alpha value is -1.60. The quantitative estimate of drug-likeness (QED) is 0.769. The average molecular weight is 315 g/mol. The fourth-order valence-corrected chi connectivity index (χ4v) is 2.25. The Kier molecular flexibility index (Phi) is 6.17. The zero-order valence-electron chi connectivity index (χ0n) is 12.5. The van der Waals surface area contributed by atoms with Crippen molar-refractivity contribution in [3.63, 3.8) is 0 Å². The Labute approximate surface area is 125 Å². The lowest BCUT2D eigenvalue weighted by molar-refractivity contribution is -0.143. The Morgan fingerprint density at radius 1 is 1.33 bits per heavy atom. The van der Waals surface area contributed by atoms with E-state index in [0.29, 0.717) is 23.8 Å². The zero-order chi connectivity index (χ0) is 16.0. The summed E-state index contributed by atoms with van der Waals surface area (Å²) in [6.45, 7) is 4.41. The Morgan fingerprint density at radius 3 is 2.52 bits per heavy atom. The van der Waals surface area contributed by atoms with Crippen molar-refractivity contribution in [2.75, 3.05) is 13.7 Å². The molecule has 0 saturated carbocycles. The van der Waals surface area contributed by atoms with Crippen LogP contribution in [-0.4, -0.2) is 28.1 Å². The van der Waals surface area contributed by atoms with E-state index in [9.17, 15) is 13.2 Å². The monoisotopic (exact) mass is 315 g/mol. The van der Waals surface area contributed by atoms with Crippen molar-refractivity contribution in [3.05, 3.63) is 23.8 Å². The summed E-state index contributed by atoms with van der Waals surface area (Å²) in [5, 5.41) is 5.08. The van der Waals surface area contributed by atoms with E-state index in [1.165, 1.54) is 25.3 Å². The number of carbonyl (C=O) groups excluding carboxylic acids is 1. The first-order valence-corrected chi connectivity index (χ1v) is 8.14. The van der Waals surface area contributed by atoms with E-state index >= 15 is 0 Å². The van der Waals surface area contributed by atoms with E-state index in [-0.39, 0.29) is 11.3 Å². The molecule has 0 aromatic heterocycles. The largest absolute Gasteiger partial charge is 0.496 e. The number of ether oxygens (including phenoxy) is 2. The molecule has 0 unspecified atom stereocenters. The number of methoxy groups -OCH3 is 1. The molecule has 0 radical (unpaired) electrons. The number of esters is 1. The maximum Gasteiger partial charge on any atom is 0.310 e. The van der Waals surface area contributed by atoms with Crippen molar-refractivity contribution in [1.29, 1.82) is 0 Å². The lowest BCUT2D eigenvalue weighted by Gasteiger charge is -2.11. The molecule has 0 aliphatic rings. The molecule has 0 fully saturated rings. The highest BCUT2D eigenvalue weighted by Crippen LogP contribution is 2.22. The Morgan fingerprint density at radius 2 is 2.00 bits per heavy atom. The van der Waals surface area contributed by atoms with Crippen molar-refractivity contribution < 1.29 is 22.7 Å². The Bertz CT molecular complexity index is 595. The third-order valence-corrected chi connectivity index (χ3v) is 3.78. The van der Waals surface area contributed by atoms with Gasteiger partial charge in [0.2, 0.25) is 10.0 Å². The second-order valence-electron chi connectivity index (χ2n) is 5.10. The molecule has 0 spiro atoms. The van der Waals surface area contributed by atoms with Gasteiger partial charge in [-0.15, -0.1) is 0 Å². The summed E-state index contributed by atoms with van der Waals surface area (Å²) in [6, 6.07) is 4.14. The van der Waals surface area contributed by atoms with Gasteiger partial charge >= 0.3 is 5.97 Å². The molecule has 0 bridgehead atoms. The van der Waals surface area contributed by atoms with E-state index in [1.807, 2.05) is 13.8 Å². The first-order chi connectivity index (χ1) is 9.74. The van der Waals surface area contributed by atoms with Crippen molar-refractivity contribution in [3.8, 4) is 5.75 Å². The second-order valence-corrected chi connectivity index (χ2v) is 6.66. The first kappa shape index (κ1) is 17.5. The molecule has 6 nitrogen and oxygen atoms in total. The predicted molar refractivity (Wildman–Crippen MR) is 78.5 cm³/mol. The molecular weight excluding hydrogens is 294 g/mol. The summed E-state index contributed by atoms with van der Waals surface area (Å²) in [4.78, 5) is 11.7. The van der Waals surface area contributed by atoms with Crippen LogP contribution in [-0.2, 0) is 26.0 Å². The number of sulfonamides is 1. The summed E-state index contributed by atoms with van der Waals surface area (Å²) >= 11 is 0. The Balaban J connectivity index is 2.83. The fourth-order valence-electron chi connectivity index (χ4n) is 1.69. The highest BCUT2D eigenvalue weighted by atomic mass is 32.2. The number of primary sulfonamides is 1. The second kappa shape index (κ2) is 7.42.